The first-order chi connectivity index (χ1) is 13.9. The lowest BCUT2D eigenvalue weighted by Crippen LogP contribution is -2.30. The van der Waals surface area contributed by atoms with E-state index in [0.717, 1.165) is 30.3 Å². The number of ether oxygens (including phenoxy) is 1. The molecule has 1 aromatic heterocycles. The van der Waals surface area contributed by atoms with Gasteiger partial charge in [-0.05, 0) is 18.9 Å². The van der Waals surface area contributed by atoms with Crippen molar-refractivity contribution < 1.29 is 18.7 Å². The van der Waals surface area contributed by atoms with Crippen molar-refractivity contribution in [3.8, 4) is 0 Å². The number of aromatic nitrogens is 2. The topological polar surface area (TPSA) is 93.2 Å². The Kier molecular flexibility index (Phi) is 8.54. The van der Waals surface area contributed by atoms with Crippen LogP contribution < -0.4 is 10.6 Å². The van der Waals surface area contributed by atoms with E-state index in [-0.39, 0.29) is 24.8 Å². The Morgan fingerprint density at radius 2 is 2.03 bits per heavy atom. The smallest absolute Gasteiger partial charge is 0.262 e. The standard InChI is InChI=1S/C20H22ClFN4O3/c1-3-17(8-16(22)9-21)29-12-18(27)26-13(2)6-7-23-20(28)15-10-24-19(25-11-15)14-4-5-14/h3,8-11,14H,1-2,4-7,12H2,(H,23,28)(H,26,27)/b16-9-,17-8+. The Labute approximate surface area is 173 Å². The fourth-order valence-corrected chi connectivity index (χ4v) is 2.27. The molecule has 1 aromatic rings. The van der Waals surface area contributed by atoms with Gasteiger partial charge in [-0.25, -0.2) is 14.4 Å². The molecule has 1 saturated carbocycles. The lowest BCUT2D eigenvalue weighted by molar-refractivity contribution is -0.123. The average molecular weight is 421 g/mol. The summed E-state index contributed by atoms with van der Waals surface area (Å²) in [6, 6.07) is 0. The van der Waals surface area contributed by atoms with Crippen LogP contribution in [0.1, 0.15) is 41.4 Å². The van der Waals surface area contributed by atoms with Crippen LogP contribution >= 0.6 is 11.6 Å². The molecule has 9 heteroatoms. The highest BCUT2D eigenvalue weighted by Gasteiger charge is 2.26. The fourth-order valence-electron chi connectivity index (χ4n) is 2.21. The number of amides is 2. The van der Waals surface area contributed by atoms with Crippen molar-refractivity contribution in [2.24, 2.45) is 0 Å². The number of allylic oxidation sites excluding steroid dienone is 3. The van der Waals surface area contributed by atoms with Gasteiger partial charge in [-0.3, -0.25) is 9.59 Å². The van der Waals surface area contributed by atoms with Gasteiger partial charge in [-0.2, -0.15) is 0 Å². The first-order valence-electron chi connectivity index (χ1n) is 8.93. The van der Waals surface area contributed by atoms with Crippen LogP contribution in [-0.4, -0.2) is 34.9 Å². The summed E-state index contributed by atoms with van der Waals surface area (Å²) in [5, 5.41) is 5.25. The van der Waals surface area contributed by atoms with Gasteiger partial charge in [0.2, 0.25) is 0 Å². The highest BCUT2D eigenvalue weighted by atomic mass is 35.5. The minimum absolute atomic E-state index is 0.0577. The van der Waals surface area contributed by atoms with Gasteiger partial charge >= 0.3 is 0 Å². The number of hydrogen-bond acceptors (Lipinski definition) is 5. The Balaban J connectivity index is 1.67. The zero-order chi connectivity index (χ0) is 21.2. The van der Waals surface area contributed by atoms with Gasteiger partial charge < -0.3 is 15.4 Å². The molecule has 154 valence electrons. The molecular formula is C20H22ClFN4O3. The van der Waals surface area contributed by atoms with Crippen LogP contribution in [0.25, 0.3) is 0 Å². The second-order valence-electron chi connectivity index (χ2n) is 6.30. The molecule has 2 N–H and O–H groups in total. The van der Waals surface area contributed by atoms with E-state index in [2.05, 4.69) is 33.8 Å². The quantitative estimate of drug-likeness (QED) is 0.423. The first-order valence-corrected chi connectivity index (χ1v) is 9.37. The number of carbonyl (C=O) groups is 2. The van der Waals surface area contributed by atoms with Crippen LogP contribution in [0.5, 0.6) is 0 Å². The molecule has 2 amide bonds. The van der Waals surface area contributed by atoms with Gasteiger partial charge in [0.25, 0.3) is 11.8 Å². The number of carbonyl (C=O) groups excluding carboxylic acids is 2. The number of nitrogens with zero attached hydrogens (tertiary/aromatic N) is 2. The van der Waals surface area contributed by atoms with Crippen molar-refractivity contribution in [3.63, 3.8) is 0 Å². The predicted octanol–water partition coefficient (Wildman–Crippen LogP) is 3.24. The Morgan fingerprint density at radius 3 is 2.62 bits per heavy atom. The number of halogens is 2. The third-order valence-corrected chi connectivity index (χ3v) is 4.07. The van der Waals surface area contributed by atoms with Gasteiger partial charge in [0.1, 0.15) is 17.4 Å². The van der Waals surface area contributed by atoms with Crippen LogP contribution in [0, 0.1) is 0 Å². The predicted molar refractivity (Wildman–Crippen MR) is 108 cm³/mol. The summed E-state index contributed by atoms with van der Waals surface area (Å²) in [5.74, 6) is -0.247. The molecule has 1 fully saturated rings. The molecular weight excluding hydrogens is 399 g/mol. The van der Waals surface area contributed by atoms with Crippen LogP contribution in [0.15, 0.2) is 60.5 Å². The normalized spacial score (nSPS) is 14.1. The molecule has 0 spiro atoms. The van der Waals surface area contributed by atoms with Gasteiger partial charge in [-0.1, -0.05) is 24.8 Å². The molecule has 29 heavy (non-hydrogen) atoms. The second kappa shape index (κ2) is 11.1. The van der Waals surface area contributed by atoms with E-state index in [0.29, 0.717) is 23.6 Å². The molecule has 0 radical (unpaired) electrons. The van der Waals surface area contributed by atoms with Crippen molar-refractivity contribution >= 4 is 23.4 Å². The van der Waals surface area contributed by atoms with E-state index in [1.807, 2.05) is 0 Å². The van der Waals surface area contributed by atoms with E-state index < -0.39 is 11.7 Å². The highest BCUT2D eigenvalue weighted by Crippen LogP contribution is 2.37. The van der Waals surface area contributed by atoms with Crippen molar-refractivity contribution in [1.82, 2.24) is 20.6 Å². The summed E-state index contributed by atoms with van der Waals surface area (Å²) in [6.45, 7) is 7.10. The van der Waals surface area contributed by atoms with E-state index in [9.17, 15) is 14.0 Å². The summed E-state index contributed by atoms with van der Waals surface area (Å²) in [6.07, 6.45) is 7.78. The van der Waals surface area contributed by atoms with Crippen molar-refractivity contribution in [2.75, 3.05) is 13.2 Å². The van der Waals surface area contributed by atoms with Gasteiger partial charge in [0.15, 0.2) is 6.61 Å². The molecule has 0 aliphatic heterocycles. The summed E-state index contributed by atoms with van der Waals surface area (Å²) in [4.78, 5) is 32.3. The molecule has 0 unspecified atom stereocenters. The third kappa shape index (κ3) is 7.87. The van der Waals surface area contributed by atoms with Crippen molar-refractivity contribution in [3.05, 3.63) is 71.9 Å². The third-order valence-electron chi connectivity index (χ3n) is 3.86. The number of hydrogen-bond donors (Lipinski definition) is 2. The maximum atomic E-state index is 13.1. The summed E-state index contributed by atoms with van der Waals surface area (Å²) < 4.78 is 18.2. The van der Waals surface area contributed by atoms with Crippen LogP contribution in [0.3, 0.4) is 0 Å². The fraction of sp³-hybridized carbons (Fsp3) is 0.300. The van der Waals surface area contributed by atoms with E-state index in [1.54, 1.807) is 0 Å². The maximum Gasteiger partial charge on any atom is 0.262 e. The minimum Gasteiger partial charge on any atom is -0.484 e. The molecule has 1 aliphatic rings. The Hall–Kier alpha value is -3.00. The summed E-state index contributed by atoms with van der Waals surface area (Å²) in [7, 11) is 0. The van der Waals surface area contributed by atoms with Gasteiger partial charge in [0, 0.05) is 48.6 Å². The molecule has 0 saturated heterocycles. The average Bonchev–Trinajstić information content (AvgIpc) is 3.56. The number of rotatable bonds is 11. The van der Waals surface area contributed by atoms with Crippen molar-refractivity contribution in [2.45, 2.75) is 25.2 Å². The minimum atomic E-state index is -0.727. The number of nitrogens with one attached hydrogen (secondary N) is 2. The molecule has 0 aromatic carbocycles. The van der Waals surface area contributed by atoms with Gasteiger partial charge in [0.05, 0.1) is 5.56 Å². The van der Waals surface area contributed by atoms with E-state index >= 15 is 0 Å². The zero-order valence-electron chi connectivity index (χ0n) is 15.8. The second-order valence-corrected chi connectivity index (χ2v) is 6.51. The lowest BCUT2D eigenvalue weighted by atomic mass is 10.3. The van der Waals surface area contributed by atoms with Crippen molar-refractivity contribution in [1.29, 1.82) is 0 Å². The maximum absolute atomic E-state index is 13.1. The van der Waals surface area contributed by atoms with Crippen LogP contribution in [0.2, 0.25) is 0 Å². The monoisotopic (exact) mass is 420 g/mol. The molecule has 0 atom stereocenters. The zero-order valence-corrected chi connectivity index (χ0v) is 16.5. The SMILES string of the molecule is C=C/C(=C\C(F)=C\Cl)OCC(=O)NC(=C)CCNC(=O)c1cnc(C2CC2)nc1. The Morgan fingerprint density at radius 1 is 1.34 bits per heavy atom. The van der Waals surface area contributed by atoms with E-state index in [1.165, 1.54) is 18.5 Å². The molecule has 1 heterocycles. The Bertz CT molecular complexity index is 833. The first kappa shape index (κ1) is 22.3. The van der Waals surface area contributed by atoms with Gasteiger partial charge in [-0.15, -0.1) is 0 Å². The summed E-state index contributed by atoms with van der Waals surface area (Å²) in [5.41, 5.74) is 1.51. The molecule has 2 rings (SSSR count). The largest absolute Gasteiger partial charge is 0.484 e. The molecule has 0 bridgehead atoms. The highest BCUT2D eigenvalue weighted by molar-refractivity contribution is 6.25. The summed E-state index contributed by atoms with van der Waals surface area (Å²) >= 11 is 5.22. The molecule has 7 nitrogen and oxygen atoms in total. The molecule has 1 aliphatic carbocycles. The van der Waals surface area contributed by atoms with Crippen LogP contribution in [-0.2, 0) is 9.53 Å². The van der Waals surface area contributed by atoms with Crippen LogP contribution in [0.4, 0.5) is 4.39 Å². The lowest BCUT2D eigenvalue weighted by Gasteiger charge is -2.11. The van der Waals surface area contributed by atoms with E-state index in [4.69, 9.17) is 16.3 Å².